The molecule has 0 saturated carbocycles. The van der Waals surface area contributed by atoms with E-state index in [4.69, 9.17) is 0 Å². The summed E-state index contributed by atoms with van der Waals surface area (Å²) in [7, 11) is 0. The molecule has 3 aromatic heterocycles. The fraction of sp³-hybridized carbons (Fsp3) is 0.364. The van der Waals surface area contributed by atoms with E-state index in [0.717, 1.165) is 45.7 Å². The van der Waals surface area contributed by atoms with E-state index in [9.17, 15) is 5.11 Å². The zero-order valence-corrected chi connectivity index (χ0v) is 16.8. The van der Waals surface area contributed by atoms with Crippen LogP contribution in [-0.4, -0.2) is 37.7 Å². The Morgan fingerprint density at radius 1 is 1.14 bits per heavy atom. The van der Waals surface area contributed by atoms with Crippen LogP contribution in [0, 0.1) is 12.3 Å². The summed E-state index contributed by atoms with van der Waals surface area (Å²) < 4.78 is 0. The molecular formula is C22H27N5O. The van der Waals surface area contributed by atoms with Gasteiger partial charge in [0.15, 0.2) is 5.65 Å². The quantitative estimate of drug-likeness (QED) is 0.424. The van der Waals surface area contributed by atoms with E-state index in [1.54, 1.807) is 6.20 Å². The number of aryl methyl sites for hydroxylation is 1. The van der Waals surface area contributed by atoms with Crippen LogP contribution < -0.4 is 5.32 Å². The first-order chi connectivity index (χ1) is 13.3. The Bertz CT molecular complexity index is 1120. The molecule has 0 radical (unpaired) electrons. The highest BCUT2D eigenvalue weighted by Gasteiger charge is 2.23. The predicted molar refractivity (Wildman–Crippen MR) is 113 cm³/mol. The summed E-state index contributed by atoms with van der Waals surface area (Å²) in [5.41, 5.74) is 6.04. The second-order valence-corrected chi connectivity index (χ2v) is 8.46. The summed E-state index contributed by atoms with van der Waals surface area (Å²) >= 11 is 0. The summed E-state index contributed by atoms with van der Waals surface area (Å²) in [5, 5.41) is 14.3. The van der Waals surface area contributed by atoms with Gasteiger partial charge in [0.2, 0.25) is 0 Å². The summed E-state index contributed by atoms with van der Waals surface area (Å²) in [6.45, 7) is 9.18. The van der Waals surface area contributed by atoms with Crippen molar-refractivity contribution in [1.82, 2.24) is 25.3 Å². The molecule has 0 amide bonds. The third-order valence-electron chi connectivity index (χ3n) is 5.26. The van der Waals surface area contributed by atoms with Gasteiger partial charge in [-0.1, -0.05) is 26.8 Å². The molecule has 4 N–H and O–H groups in total. The number of aromatic amines is 2. The SMILES string of the molecule is Cc1nc2c(-c3cc4cc(CN[C@H](CO)C(C)(C)C)ccc4[nH]3)ccnc2[nH]1. The van der Waals surface area contributed by atoms with Gasteiger partial charge in [-0.2, -0.15) is 0 Å². The summed E-state index contributed by atoms with van der Waals surface area (Å²) in [6.07, 6.45) is 1.80. The number of hydrogen-bond donors (Lipinski definition) is 4. The molecule has 4 rings (SSSR count). The lowest BCUT2D eigenvalue weighted by Crippen LogP contribution is -2.42. The van der Waals surface area contributed by atoms with Crippen molar-refractivity contribution in [2.24, 2.45) is 5.41 Å². The van der Waals surface area contributed by atoms with Crippen LogP contribution in [0.2, 0.25) is 0 Å². The Morgan fingerprint density at radius 3 is 2.71 bits per heavy atom. The molecule has 1 atom stereocenters. The lowest BCUT2D eigenvalue weighted by Gasteiger charge is -2.30. The highest BCUT2D eigenvalue weighted by molar-refractivity contribution is 5.94. The molecule has 0 fully saturated rings. The molecule has 1 aromatic carbocycles. The highest BCUT2D eigenvalue weighted by Crippen LogP contribution is 2.29. The number of pyridine rings is 1. The Kier molecular flexibility index (Phi) is 4.69. The molecular weight excluding hydrogens is 350 g/mol. The number of aliphatic hydroxyl groups is 1. The van der Waals surface area contributed by atoms with Gasteiger partial charge in [-0.3, -0.25) is 0 Å². The predicted octanol–water partition coefficient (Wildman–Crippen LogP) is 3.91. The number of benzene rings is 1. The molecule has 0 aliphatic carbocycles. The van der Waals surface area contributed by atoms with E-state index in [-0.39, 0.29) is 18.1 Å². The van der Waals surface area contributed by atoms with Crippen molar-refractivity contribution < 1.29 is 5.11 Å². The smallest absolute Gasteiger partial charge is 0.158 e. The Labute approximate surface area is 164 Å². The number of aromatic nitrogens is 4. The van der Waals surface area contributed by atoms with Crippen LogP contribution in [0.5, 0.6) is 0 Å². The maximum atomic E-state index is 9.65. The van der Waals surface area contributed by atoms with Crippen molar-refractivity contribution in [3.8, 4) is 11.3 Å². The first-order valence-electron chi connectivity index (χ1n) is 9.63. The molecule has 6 heteroatoms. The minimum absolute atomic E-state index is 0.00845. The van der Waals surface area contributed by atoms with Gasteiger partial charge in [0.1, 0.15) is 11.3 Å². The van der Waals surface area contributed by atoms with E-state index >= 15 is 0 Å². The Balaban J connectivity index is 1.63. The largest absolute Gasteiger partial charge is 0.395 e. The van der Waals surface area contributed by atoms with Gasteiger partial charge in [-0.05, 0) is 42.2 Å². The van der Waals surface area contributed by atoms with Crippen LogP contribution in [0.4, 0.5) is 0 Å². The number of nitrogens with one attached hydrogen (secondary N) is 3. The zero-order chi connectivity index (χ0) is 19.9. The van der Waals surface area contributed by atoms with E-state index in [1.807, 2.05) is 13.0 Å². The van der Waals surface area contributed by atoms with Crippen LogP contribution in [0.25, 0.3) is 33.3 Å². The standard InChI is InChI=1S/C22H27N5O/c1-13-25-20-16(7-8-23-21(20)26-13)18-10-15-9-14(5-6-17(15)27-18)11-24-19(12-28)22(2,3)4/h5-10,19,24,27-28H,11-12H2,1-4H3,(H,23,25,26)/t19-/m1/s1. The Hall–Kier alpha value is -2.70. The van der Waals surface area contributed by atoms with Crippen LogP contribution >= 0.6 is 0 Å². The first kappa shape index (κ1) is 18.7. The first-order valence-corrected chi connectivity index (χ1v) is 9.63. The molecule has 146 valence electrons. The average molecular weight is 377 g/mol. The molecule has 0 bridgehead atoms. The minimum Gasteiger partial charge on any atom is -0.395 e. The van der Waals surface area contributed by atoms with Crippen molar-refractivity contribution in [2.45, 2.75) is 40.3 Å². The summed E-state index contributed by atoms with van der Waals surface area (Å²) in [5.74, 6) is 0.858. The van der Waals surface area contributed by atoms with Crippen molar-refractivity contribution >= 4 is 22.1 Å². The van der Waals surface area contributed by atoms with Crippen LogP contribution in [-0.2, 0) is 6.54 Å². The Morgan fingerprint density at radius 2 is 1.96 bits per heavy atom. The van der Waals surface area contributed by atoms with Gasteiger partial charge >= 0.3 is 0 Å². The van der Waals surface area contributed by atoms with Gasteiger partial charge in [-0.15, -0.1) is 0 Å². The average Bonchev–Trinajstić information content (AvgIpc) is 3.22. The molecule has 0 aliphatic rings. The van der Waals surface area contributed by atoms with Crippen molar-refractivity contribution in [3.05, 3.63) is 47.9 Å². The van der Waals surface area contributed by atoms with Crippen molar-refractivity contribution in [3.63, 3.8) is 0 Å². The number of imidazole rings is 1. The number of fused-ring (bicyclic) bond motifs is 2. The van der Waals surface area contributed by atoms with E-state index in [0.29, 0.717) is 0 Å². The molecule has 3 heterocycles. The number of hydrogen-bond acceptors (Lipinski definition) is 4. The van der Waals surface area contributed by atoms with Crippen LogP contribution in [0.1, 0.15) is 32.2 Å². The van der Waals surface area contributed by atoms with Crippen molar-refractivity contribution in [2.75, 3.05) is 6.61 Å². The topological polar surface area (TPSA) is 89.6 Å². The maximum Gasteiger partial charge on any atom is 0.158 e. The third-order valence-corrected chi connectivity index (χ3v) is 5.26. The van der Waals surface area contributed by atoms with Gasteiger partial charge in [0.25, 0.3) is 0 Å². The monoisotopic (exact) mass is 377 g/mol. The minimum atomic E-state index is 0.00845. The number of H-pyrrole nitrogens is 2. The van der Waals surface area contributed by atoms with E-state index < -0.39 is 0 Å². The van der Waals surface area contributed by atoms with Gasteiger partial charge < -0.3 is 20.4 Å². The maximum absolute atomic E-state index is 9.65. The van der Waals surface area contributed by atoms with Gasteiger partial charge in [0, 0.05) is 40.9 Å². The lowest BCUT2D eigenvalue weighted by molar-refractivity contribution is 0.158. The second kappa shape index (κ2) is 7.04. The molecule has 6 nitrogen and oxygen atoms in total. The zero-order valence-electron chi connectivity index (χ0n) is 16.8. The molecule has 0 unspecified atom stereocenters. The van der Waals surface area contributed by atoms with Gasteiger partial charge in [-0.25, -0.2) is 9.97 Å². The van der Waals surface area contributed by atoms with Crippen molar-refractivity contribution in [1.29, 1.82) is 0 Å². The molecule has 28 heavy (non-hydrogen) atoms. The van der Waals surface area contributed by atoms with Crippen LogP contribution in [0.3, 0.4) is 0 Å². The fourth-order valence-electron chi connectivity index (χ4n) is 3.57. The number of rotatable bonds is 5. The summed E-state index contributed by atoms with van der Waals surface area (Å²) in [4.78, 5) is 15.6. The van der Waals surface area contributed by atoms with Gasteiger partial charge in [0.05, 0.1) is 6.61 Å². The van der Waals surface area contributed by atoms with E-state index in [2.05, 4.69) is 70.3 Å². The molecule has 0 aliphatic heterocycles. The second-order valence-electron chi connectivity index (χ2n) is 8.46. The molecule has 0 spiro atoms. The van der Waals surface area contributed by atoms with Crippen LogP contribution in [0.15, 0.2) is 36.5 Å². The highest BCUT2D eigenvalue weighted by atomic mass is 16.3. The molecule has 0 saturated heterocycles. The number of aliphatic hydroxyl groups excluding tert-OH is 1. The normalized spacial score (nSPS) is 13.5. The summed E-state index contributed by atoms with van der Waals surface area (Å²) in [6, 6.07) is 10.6. The van der Waals surface area contributed by atoms with E-state index in [1.165, 1.54) is 5.56 Å². The third kappa shape index (κ3) is 3.53. The number of nitrogens with zero attached hydrogens (tertiary/aromatic N) is 2. The lowest BCUT2D eigenvalue weighted by atomic mass is 9.87. The fourth-order valence-corrected chi connectivity index (χ4v) is 3.57. The molecule has 4 aromatic rings.